The molecule has 0 atom stereocenters. The summed E-state index contributed by atoms with van der Waals surface area (Å²) in [7, 11) is 0. The van der Waals surface area contributed by atoms with Crippen LogP contribution in [0.15, 0.2) is 54.6 Å². The number of carbonyl (C=O) groups is 2. The van der Waals surface area contributed by atoms with Gasteiger partial charge in [-0.15, -0.1) is 0 Å². The van der Waals surface area contributed by atoms with Crippen LogP contribution in [0.4, 0.5) is 5.69 Å². The van der Waals surface area contributed by atoms with Crippen molar-refractivity contribution in [2.24, 2.45) is 0 Å². The molecule has 0 saturated carbocycles. The number of hydrogen-bond acceptors (Lipinski definition) is 3. The van der Waals surface area contributed by atoms with Crippen LogP contribution in [0.25, 0.3) is 0 Å². The minimum absolute atomic E-state index is 0.0565. The van der Waals surface area contributed by atoms with E-state index in [0.717, 1.165) is 25.9 Å². The first kappa shape index (κ1) is 19.1. The number of piperidine rings is 1. The minimum Gasteiger partial charge on any atom is -0.349 e. The minimum atomic E-state index is -0.162. The first-order valence-electron chi connectivity index (χ1n) is 9.54. The third-order valence-corrected chi connectivity index (χ3v) is 5.04. The predicted molar refractivity (Wildman–Crippen MR) is 108 cm³/mol. The molecule has 1 fully saturated rings. The van der Waals surface area contributed by atoms with Gasteiger partial charge in [0.05, 0.1) is 0 Å². The molecule has 5 heteroatoms. The highest BCUT2D eigenvalue weighted by Gasteiger charge is 2.22. The molecule has 142 valence electrons. The maximum absolute atomic E-state index is 12.5. The van der Waals surface area contributed by atoms with Crippen LogP contribution in [0, 0.1) is 0 Å². The van der Waals surface area contributed by atoms with E-state index in [4.69, 9.17) is 0 Å². The fraction of sp³-hybridized carbons (Fsp3) is 0.364. The van der Waals surface area contributed by atoms with Crippen LogP contribution in [-0.2, 0) is 0 Å². The molecule has 0 aromatic heterocycles. The van der Waals surface area contributed by atoms with Crippen LogP contribution in [0.3, 0.4) is 0 Å². The summed E-state index contributed by atoms with van der Waals surface area (Å²) in [6.45, 7) is 6.45. The van der Waals surface area contributed by atoms with E-state index < -0.39 is 0 Å². The normalized spacial score (nSPS) is 15.5. The largest absolute Gasteiger partial charge is 0.349 e. The first-order chi connectivity index (χ1) is 13.0. The molecule has 5 nitrogen and oxygen atoms in total. The summed E-state index contributed by atoms with van der Waals surface area (Å²) in [6.07, 6.45) is 1.96. The zero-order valence-corrected chi connectivity index (χ0v) is 15.9. The Morgan fingerprint density at radius 1 is 0.889 bits per heavy atom. The van der Waals surface area contributed by atoms with Crippen LogP contribution < -0.4 is 10.6 Å². The van der Waals surface area contributed by atoms with E-state index in [1.165, 1.54) is 0 Å². The number of anilines is 1. The Bertz CT molecular complexity index is 764. The highest BCUT2D eigenvalue weighted by atomic mass is 16.2. The van der Waals surface area contributed by atoms with Crippen LogP contribution in [-0.4, -0.2) is 41.9 Å². The molecular formula is C22H27N3O2. The lowest BCUT2D eigenvalue weighted by molar-refractivity contribution is 0.0900. The van der Waals surface area contributed by atoms with Gasteiger partial charge in [-0.2, -0.15) is 0 Å². The summed E-state index contributed by atoms with van der Waals surface area (Å²) in [5.41, 5.74) is 1.89. The van der Waals surface area contributed by atoms with E-state index in [1.807, 2.05) is 18.2 Å². The van der Waals surface area contributed by atoms with Gasteiger partial charge in [-0.25, -0.2) is 0 Å². The number of nitrogens with one attached hydrogen (secondary N) is 2. The van der Waals surface area contributed by atoms with E-state index >= 15 is 0 Å². The van der Waals surface area contributed by atoms with Crippen molar-refractivity contribution >= 4 is 17.5 Å². The van der Waals surface area contributed by atoms with Crippen molar-refractivity contribution in [3.63, 3.8) is 0 Å². The summed E-state index contributed by atoms with van der Waals surface area (Å²) >= 11 is 0. The van der Waals surface area contributed by atoms with Crippen molar-refractivity contribution < 1.29 is 9.59 Å². The summed E-state index contributed by atoms with van der Waals surface area (Å²) in [5.74, 6) is -0.219. The van der Waals surface area contributed by atoms with E-state index in [2.05, 4.69) is 29.4 Å². The number of carbonyl (C=O) groups excluding carboxylic acids is 2. The van der Waals surface area contributed by atoms with E-state index in [9.17, 15) is 9.59 Å². The fourth-order valence-electron chi connectivity index (χ4n) is 3.33. The lowest BCUT2D eigenvalue weighted by Gasteiger charge is -2.34. The lowest BCUT2D eigenvalue weighted by Crippen LogP contribution is -2.46. The maximum Gasteiger partial charge on any atom is 0.255 e. The number of amides is 2. The van der Waals surface area contributed by atoms with Gasteiger partial charge < -0.3 is 15.5 Å². The Labute approximate surface area is 160 Å². The molecule has 0 bridgehead atoms. The molecule has 1 aliphatic heterocycles. The Morgan fingerprint density at radius 3 is 2.07 bits per heavy atom. The summed E-state index contributed by atoms with van der Waals surface area (Å²) in [5, 5.41) is 5.97. The van der Waals surface area contributed by atoms with Crippen molar-refractivity contribution in [1.82, 2.24) is 10.2 Å². The van der Waals surface area contributed by atoms with Crippen LogP contribution in [0.5, 0.6) is 0 Å². The quantitative estimate of drug-likeness (QED) is 0.852. The zero-order chi connectivity index (χ0) is 19.2. The van der Waals surface area contributed by atoms with E-state index in [0.29, 0.717) is 22.9 Å². The molecule has 1 heterocycles. The average Bonchev–Trinajstić information content (AvgIpc) is 2.69. The summed E-state index contributed by atoms with van der Waals surface area (Å²) in [6, 6.07) is 16.9. The van der Waals surface area contributed by atoms with Gasteiger partial charge in [0.25, 0.3) is 11.8 Å². The number of hydrogen-bond donors (Lipinski definition) is 2. The van der Waals surface area contributed by atoms with Crippen molar-refractivity contribution in [1.29, 1.82) is 0 Å². The van der Waals surface area contributed by atoms with E-state index in [1.54, 1.807) is 36.4 Å². The molecule has 0 aliphatic carbocycles. The highest BCUT2D eigenvalue weighted by molar-refractivity contribution is 6.04. The molecule has 0 radical (unpaired) electrons. The van der Waals surface area contributed by atoms with Crippen LogP contribution >= 0.6 is 0 Å². The second kappa shape index (κ2) is 8.82. The molecule has 1 aliphatic rings. The third kappa shape index (κ3) is 5.17. The van der Waals surface area contributed by atoms with Crippen LogP contribution in [0.1, 0.15) is 47.4 Å². The summed E-state index contributed by atoms with van der Waals surface area (Å²) < 4.78 is 0. The van der Waals surface area contributed by atoms with Gasteiger partial charge in [0.15, 0.2) is 0 Å². The molecule has 1 saturated heterocycles. The predicted octanol–water partition coefficient (Wildman–Crippen LogP) is 3.54. The number of nitrogens with zero attached hydrogens (tertiary/aromatic N) is 1. The molecule has 2 aromatic carbocycles. The Balaban J connectivity index is 1.52. The Kier molecular flexibility index (Phi) is 6.24. The second-order valence-electron chi connectivity index (χ2n) is 7.27. The van der Waals surface area contributed by atoms with Crippen molar-refractivity contribution in [3.05, 3.63) is 65.7 Å². The zero-order valence-electron chi connectivity index (χ0n) is 15.9. The highest BCUT2D eigenvalue weighted by Crippen LogP contribution is 2.15. The van der Waals surface area contributed by atoms with E-state index in [-0.39, 0.29) is 17.9 Å². The Hall–Kier alpha value is -2.66. The average molecular weight is 365 g/mol. The smallest absolute Gasteiger partial charge is 0.255 e. The SMILES string of the molecule is CC(C)N1CCC(NC(=O)c2ccc(NC(=O)c3ccccc3)cc2)CC1. The first-order valence-corrected chi connectivity index (χ1v) is 9.54. The molecule has 27 heavy (non-hydrogen) atoms. The summed E-state index contributed by atoms with van der Waals surface area (Å²) in [4.78, 5) is 27.1. The van der Waals surface area contributed by atoms with Gasteiger partial charge in [-0.05, 0) is 63.1 Å². The second-order valence-corrected chi connectivity index (χ2v) is 7.27. The number of benzene rings is 2. The monoisotopic (exact) mass is 365 g/mol. The van der Waals surface area contributed by atoms with Gasteiger partial charge in [-0.3, -0.25) is 9.59 Å². The molecule has 0 spiro atoms. The topological polar surface area (TPSA) is 61.4 Å². The van der Waals surface area contributed by atoms with Gasteiger partial charge in [0, 0.05) is 42.0 Å². The van der Waals surface area contributed by atoms with Crippen molar-refractivity contribution in [3.8, 4) is 0 Å². The van der Waals surface area contributed by atoms with Gasteiger partial charge >= 0.3 is 0 Å². The molecule has 3 rings (SSSR count). The van der Waals surface area contributed by atoms with Crippen LogP contribution in [0.2, 0.25) is 0 Å². The third-order valence-electron chi connectivity index (χ3n) is 5.04. The maximum atomic E-state index is 12.5. The van der Waals surface area contributed by atoms with Crippen molar-refractivity contribution in [2.75, 3.05) is 18.4 Å². The van der Waals surface area contributed by atoms with Gasteiger partial charge in [-0.1, -0.05) is 18.2 Å². The molecule has 2 aromatic rings. The van der Waals surface area contributed by atoms with Crippen molar-refractivity contribution in [2.45, 2.75) is 38.8 Å². The molecular weight excluding hydrogens is 338 g/mol. The van der Waals surface area contributed by atoms with Gasteiger partial charge in [0.2, 0.25) is 0 Å². The fourth-order valence-corrected chi connectivity index (χ4v) is 3.33. The number of likely N-dealkylation sites (tertiary alicyclic amines) is 1. The lowest BCUT2D eigenvalue weighted by atomic mass is 10.0. The Morgan fingerprint density at radius 2 is 1.48 bits per heavy atom. The van der Waals surface area contributed by atoms with Gasteiger partial charge in [0.1, 0.15) is 0 Å². The molecule has 2 N–H and O–H groups in total. The molecule has 0 unspecified atom stereocenters. The molecule has 2 amide bonds. The standard InChI is InChI=1S/C22H27N3O2/c1-16(2)25-14-12-20(13-15-25)24-22(27)18-8-10-19(11-9-18)23-21(26)17-6-4-3-5-7-17/h3-11,16,20H,12-15H2,1-2H3,(H,23,26)(H,24,27). The number of rotatable bonds is 5.